The van der Waals surface area contributed by atoms with Crippen molar-refractivity contribution in [2.75, 3.05) is 5.75 Å². The summed E-state index contributed by atoms with van der Waals surface area (Å²) in [5.74, 6) is 0.561. The summed E-state index contributed by atoms with van der Waals surface area (Å²) in [6.45, 7) is 4.64. The molecule has 0 spiro atoms. The fourth-order valence-electron chi connectivity index (χ4n) is 1.26. The summed E-state index contributed by atoms with van der Waals surface area (Å²) in [6, 6.07) is 0.146. The van der Waals surface area contributed by atoms with Gasteiger partial charge in [-0.15, -0.1) is 0 Å². The van der Waals surface area contributed by atoms with E-state index in [-0.39, 0.29) is 6.04 Å². The maximum atomic E-state index is 13.1. The maximum absolute atomic E-state index is 13.1. The highest BCUT2D eigenvalue weighted by molar-refractivity contribution is 8.00. The second kappa shape index (κ2) is 3.86. The molecule has 0 radical (unpaired) electrons. The second-order valence-corrected chi connectivity index (χ2v) is 5.40. The summed E-state index contributed by atoms with van der Waals surface area (Å²) in [5.41, 5.74) is -1.76. The van der Waals surface area contributed by atoms with Crippen molar-refractivity contribution < 1.29 is 9.18 Å². The molecule has 13 heavy (non-hydrogen) atoms. The van der Waals surface area contributed by atoms with E-state index in [0.29, 0.717) is 5.25 Å². The highest BCUT2D eigenvalue weighted by atomic mass is 32.2. The normalized spacial score (nSPS) is 28.9. The van der Waals surface area contributed by atoms with Crippen LogP contribution in [0.1, 0.15) is 27.2 Å². The van der Waals surface area contributed by atoms with E-state index < -0.39 is 11.6 Å². The lowest BCUT2D eigenvalue weighted by molar-refractivity contribution is -0.131. The molecule has 2 nitrogen and oxygen atoms in total. The number of nitrogens with one attached hydrogen (secondary N) is 1. The van der Waals surface area contributed by atoms with Crippen LogP contribution in [0, 0.1) is 0 Å². The molecule has 1 rings (SSSR count). The van der Waals surface area contributed by atoms with E-state index in [1.54, 1.807) is 0 Å². The number of rotatable bonds is 2. The molecule has 0 aromatic carbocycles. The van der Waals surface area contributed by atoms with Crippen LogP contribution in [0.3, 0.4) is 0 Å². The largest absolute Gasteiger partial charge is 0.349 e. The molecule has 0 bridgehead atoms. The number of hydrogen-bond donors (Lipinski definition) is 1. The Hall–Kier alpha value is -0.250. The van der Waals surface area contributed by atoms with Gasteiger partial charge in [-0.25, -0.2) is 4.39 Å². The molecule has 1 N–H and O–H groups in total. The van der Waals surface area contributed by atoms with E-state index in [1.807, 2.05) is 11.8 Å². The lowest BCUT2D eigenvalue weighted by Gasteiger charge is -2.20. The van der Waals surface area contributed by atoms with Crippen molar-refractivity contribution in [1.29, 1.82) is 0 Å². The minimum atomic E-state index is -1.76. The Bertz CT molecular complexity index is 202. The van der Waals surface area contributed by atoms with E-state index in [9.17, 15) is 9.18 Å². The van der Waals surface area contributed by atoms with Gasteiger partial charge < -0.3 is 5.32 Å². The van der Waals surface area contributed by atoms with Crippen molar-refractivity contribution >= 4 is 17.7 Å². The first-order chi connectivity index (χ1) is 5.91. The van der Waals surface area contributed by atoms with Crippen LogP contribution in [0.5, 0.6) is 0 Å². The molecule has 2 unspecified atom stereocenters. The Kier molecular flexibility index (Phi) is 3.22. The lowest BCUT2D eigenvalue weighted by Crippen LogP contribution is -2.46. The Balaban J connectivity index is 2.45. The van der Waals surface area contributed by atoms with Gasteiger partial charge in [0.1, 0.15) is 0 Å². The van der Waals surface area contributed by atoms with Crippen molar-refractivity contribution in [3.8, 4) is 0 Å². The van der Waals surface area contributed by atoms with Gasteiger partial charge in [-0.1, -0.05) is 6.92 Å². The fraction of sp³-hybridized carbons (Fsp3) is 0.889. The molecular formula is C9H16FNOS. The number of amides is 1. The van der Waals surface area contributed by atoms with E-state index in [2.05, 4.69) is 12.2 Å². The topological polar surface area (TPSA) is 29.1 Å². The molecule has 1 heterocycles. The number of carbonyl (C=O) groups is 1. The fourth-order valence-corrected chi connectivity index (χ4v) is 2.46. The van der Waals surface area contributed by atoms with Crippen molar-refractivity contribution in [3.05, 3.63) is 0 Å². The van der Waals surface area contributed by atoms with Gasteiger partial charge in [0.15, 0.2) is 5.67 Å². The Labute approximate surface area is 82.7 Å². The van der Waals surface area contributed by atoms with E-state index in [1.165, 1.54) is 13.8 Å². The van der Waals surface area contributed by atoms with Crippen LogP contribution in [-0.2, 0) is 4.79 Å². The summed E-state index contributed by atoms with van der Waals surface area (Å²) in [7, 11) is 0. The first kappa shape index (κ1) is 10.8. The predicted molar refractivity (Wildman–Crippen MR) is 53.7 cm³/mol. The smallest absolute Gasteiger partial charge is 0.257 e. The third kappa shape index (κ3) is 2.86. The highest BCUT2D eigenvalue weighted by Gasteiger charge is 2.32. The van der Waals surface area contributed by atoms with Crippen LogP contribution in [0.2, 0.25) is 0 Å². The van der Waals surface area contributed by atoms with E-state index in [4.69, 9.17) is 0 Å². The molecule has 0 aromatic heterocycles. The molecule has 1 amide bonds. The number of halogens is 1. The second-order valence-electron chi connectivity index (χ2n) is 3.92. The van der Waals surface area contributed by atoms with Crippen molar-refractivity contribution in [2.45, 2.75) is 44.2 Å². The molecule has 0 aliphatic carbocycles. The van der Waals surface area contributed by atoms with Crippen LogP contribution < -0.4 is 5.32 Å². The molecule has 1 aliphatic heterocycles. The standard InChI is InChI=1S/C9H16FNOS/c1-6-7(4-5-13-6)11-8(12)9(2,3)10/h6-7H,4-5H2,1-3H3,(H,11,12). The van der Waals surface area contributed by atoms with Crippen molar-refractivity contribution in [3.63, 3.8) is 0 Å². The Morgan fingerprint density at radius 1 is 1.62 bits per heavy atom. The average molecular weight is 205 g/mol. The minimum Gasteiger partial charge on any atom is -0.349 e. The zero-order valence-corrected chi connectivity index (χ0v) is 9.08. The van der Waals surface area contributed by atoms with Gasteiger partial charge in [-0.05, 0) is 26.0 Å². The zero-order chi connectivity index (χ0) is 10.1. The van der Waals surface area contributed by atoms with Gasteiger partial charge in [0.2, 0.25) is 0 Å². The molecule has 1 aliphatic rings. The lowest BCUT2D eigenvalue weighted by atomic mass is 10.1. The SMILES string of the molecule is CC1SCCC1NC(=O)C(C)(C)F. The number of carbonyl (C=O) groups excluding carboxylic acids is 1. The molecule has 1 fully saturated rings. The molecule has 4 heteroatoms. The number of thioether (sulfide) groups is 1. The van der Waals surface area contributed by atoms with Gasteiger partial charge in [0.25, 0.3) is 5.91 Å². The number of alkyl halides is 1. The molecular weight excluding hydrogens is 189 g/mol. The molecule has 2 atom stereocenters. The van der Waals surface area contributed by atoms with Crippen molar-refractivity contribution in [2.24, 2.45) is 0 Å². The van der Waals surface area contributed by atoms with Crippen LogP contribution in [0.15, 0.2) is 0 Å². The molecule has 0 aromatic rings. The Morgan fingerprint density at radius 2 is 2.23 bits per heavy atom. The summed E-state index contributed by atoms with van der Waals surface area (Å²) in [6.07, 6.45) is 0.952. The van der Waals surface area contributed by atoms with Gasteiger partial charge >= 0.3 is 0 Å². The maximum Gasteiger partial charge on any atom is 0.257 e. The monoisotopic (exact) mass is 205 g/mol. The van der Waals surface area contributed by atoms with Gasteiger partial charge in [-0.3, -0.25) is 4.79 Å². The van der Waals surface area contributed by atoms with Crippen LogP contribution in [-0.4, -0.2) is 28.6 Å². The molecule has 0 saturated carbocycles. The average Bonchev–Trinajstić information content (AvgIpc) is 2.34. The quantitative estimate of drug-likeness (QED) is 0.744. The third-order valence-corrected chi connectivity index (χ3v) is 3.56. The van der Waals surface area contributed by atoms with Gasteiger partial charge in [0, 0.05) is 11.3 Å². The van der Waals surface area contributed by atoms with E-state index >= 15 is 0 Å². The summed E-state index contributed by atoms with van der Waals surface area (Å²) in [4.78, 5) is 11.3. The number of hydrogen-bond acceptors (Lipinski definition) is 2. The van der Waals surface area contributed by atoms with Crippen LogP contribution in [0.25, 0.3) is 0 Å². The van der Waals surface area contributed by atoms with Gasteiger partial charge in [0.05, 0.1) is 0 Å². The summed E-state index contributed by atoms with van der Waals surface area (Å²) in [5, 5.41) is 3.14. The van der Waals surface area contributed by atoms with E-state index in [0.717, 1.165) is 12.2 Å². The van der Waals surface area contributed by atoms with Gasteiger partial charge in [-0.2, -0.15) is 11.8 Å². The first-order valence-corrected chi connectivity index (χ1v) is 5.57. The van der Waals surface area contributed by atoms with Crippen molar-refractivity contribution in [1.82, 2.24) is 5.32 Å². The molecule has 1 saturated heterocycles. The minimum absolute atomic E-state index is 0.146. The van der Waals surface area contributed by atoms with Crippen LogP contribution >= 0.6 is 11.8 Å². The highest BCUT2D eigenvalue weighted by Crippen LogP contribution is 2.26. The summed E-state index contributed by atoms with van der Waals surface area (Å²) >= 11 is 1.82. The molecule has 76 valence electrons. The third-order valence-electron chi connectivity index (χ3n) is 2.23. The Morgan fingerprint density at radius 3 is 2.62 bits per heavy atom. The predicted octanol–water partition coefficient (Wildman–Crippen LogP) is 1.74. The first-order valence-electron chi connectivity index (χ1n) is 4.53. The van der Waals surface area contributed by atoms with Crippen LogP contribution in [0.4, 0.5) is 4.39 Å². The zero-order valence-electron chi connectivity index (χ0n) is 8.26. The summed E-state index contributed by atoms with van der Waals surface area (Å²) < 4.78 is 13.1.